The van der Waals surface area contributed by atoms with Gasteiger partial charge in [0.25, 0.3) is 0 Å². The Labute approximate surface area is 341 Å². The molecule has 0 bridgehead atoms. The van der Waals surface area contributed by atoms with E-state index in [-0.39, 0.29) is 38.0 Å². The minimum absolute atomic E-state index is 0.0406. The summed E-state index contributed by atoms with van der Waals surface area (Å²) < 4.78 is 34.0. The van der Waals surface area contributed by atoms with Crippen LogP contribution in [0.3, 0.4) is 0 Å². The lowest BCUT2D eigenvalue weighted by atomic mass is 9.87. The van der Waals surface area contributed by atoms with Crippen LogP contribution in [0.25, 0.3) is 27.9 Å². The molecule has 1 amide bonds. The molecule has 0 N–H and O–H groups in total. The Bertz CT molecular complexity index is 2180. The summed E-state index contributed by atoms with van der Waals surface area (Å²) in [4.78, 5) is 48.2. The number of para-hydroxylation sites is 2. The number of methoxy groups -OCH3 is 2. The van der Waals surface area contributed by atoms with E-state index in [0.29, 0.717) is 29.4 Å². The van der Waals surface area contributed by atoms with Gasteiger partial charge < -0.3 is 33.0 Å². The molecule has 4 aromatic carbocycles. The number of carbonyl (C=O) groups is 3. The molecular weight excluding hydrogens is 737 g/mol. The largest absolute Gasteiger partial charge is 0.493 e. The van der Waals surface area contributed by atoms with Gasteiger partial charge in [0.1, 0.15) is 16.7 Å². The molecule has 0 saturated heterocycles. The van der Waals surface area contributed by atoms with Crippen molar-refractivity contribution in [2.75, 3.05) is 21.0 Å². The van der Waals surface area contributed by atoms with Gasteiger partial charge in [-0.05, 0) is 113 Å². The highest BCUT2D eigenvalue weighted by Crippen LogP contribution is 2.36. The number of aromatic nitrogens is 1. The summed E-state index contributed by atoms with van der Waals surface area (Å²) in [6, 6.07) is 27.0. The second-order valence-corrected chi connectivity index (χ2v) is 16.4. The number of fused-ring (bicyclic) bond motifs is 2. The van der Waals surface area contributed by atoms with Crippen LogP contribution in [0, 0.1) is 5.92 Å². The topological polar surface area (TPSA) is 127 Å². The van der Waals surface area contributed by atoms with Crippen LogP contribution in [0.1, 0.15) is 90.7 Å². The lowest BCUT2D eigenvalue weighted by Crippen LogP contribution is -2.43. The number of amides is 1. The van der Waals surface area contributed by atoms with Gasteiger partial charge in [-0.15, -0.1) is 0 Å². The van der Waals surface area contributed by atoms with E-state index < -0.39 is 35.1 Å². The van der Waals surface area contributed by atoms with Crippen molar-refractivity contribution >= 4 is 45.8 Å². The molecule has 5 rings (SSSR count). The first kappa shape index (κ1) is 43.4. The molecule has 58 heavy (non-hydrogen) atoms. The molecule has 1 heterocycles. The molecule has 11 heteroatoms. The molecule has 5 aromatic rings. The highest BCUT2D eigenvalue weighted by molar-refractivity contribution is 5.87. The van der Waals surface area contributed by atoms with Crippen molar-refractivity contribution in [2.24, 2.45) is 5.92 Å². The fourth-order valence-corrected chi connectivity index (χ4v) is 6.79. The first-order valence-corrected chi connectivity index (χ1v) is 19.6. The smallest absolute Gasteiger partial charge is 0.310 e. The van der Waals surface area contributed by atoms with Crippen molar-refractivity contribution in [3.63, 3.8) is 0 Å². The number of benzene rings is 4. The van der Waals surface area contributed by atoms with Gasteiger partial charge in [0, 0.05) is 32.0 Å². The summed E-state index contributed by atoms with van der Waals surface area (Å²) in [5, 5.41) is 2.11. The van der Waals surface area contributed by atoms with Crippen LogP contribution in [0.4, 0.5) is 0 Å². The summed E-state index contributed by atoms with van der Waals surface area (Å²) in [5.41, 5.74) is 1.60. The van der Waals surface area contributed by atoms with E-state index in [0.717, 1.165) is 27.4 Å². The van der Waals surface area contributed by atoms with Crippen LogP contribution in [-0.4, -0.2) is 66.0 Å². The molecule has 0 saturated carbocycles. The van der Waals surface area contributed by atoms with E-state index in [4.69, 9.17) is 28.1 Å². The van der Waals surface area contributed by atoms with Crippen molar-refractivity contribution in [1.82, 2.24) is 9.88 Å². The summed E-state index contributed by atoms with van der Waals surface area (Å²) in [7, 11) is 3.12. The zero-order valence-electron chi connectivity index (χ0n) is 35.1. The number of allylic oxidation sites excluding steroid dienone is 1. The number of rotatable bonds is 17. The van der Waals surface area contributed by atoms with Crippen molar-refractivity contribution < 1.29 is 42.5 Å². The molecule has 0 radical (unpaired) electrons. The number of nitrogens with zero attached hydrogens (tertiary/aromatic N) is 2. The molecule has 0 fully saturated rings. The molecule has 11 nitrogen and oxygen atoms in total. The Kier molecular flexibility index (Phi) is 14.4. The van der Waals surface area contributed by atoms with Gasteiger partial charge in [-0.3, -0.25) is 14.4 Å². The maximum atomic E-state index is 14.9. The number of hydrogen-bond acceptors (Lipinski definition) is 10. The maximum absolute atomic E-state index is 14.9. The predicted molar refractivity (Wildman–Crippen MR) is 224 cm³/mol. The van der Waals surface area contributed by atoms with E-state index in [1.165, 1.54) is 0 Å². The first-order chi connectivity index (χ1) is 27.5. The summed E-state index contributed by atoms with van der Waals surface area (Å²) in [6.45, 7) is 12.8. The molecule has 0 unspecified atom stereocenters. The Morgan fingerprint density at radius 3 is 2.21 bits per heavy atom. The standard InChI is InChI=1S/C47H56N2O9/c1-31(37(35-23-24-40(55-30-53-8)41(26-35)54-9)17-14-20-42-48-38-18-12-13-19-39(38)56-42)49(29-32-21-22-33-15-10-11-16-34(33)25-32)43(50)27-36(45(52)58-47(5,6)7)28-44(51)57-46(2,3)4/h10-16,18-26,31,36-37H,17,27-30H2,1-9H3/b20-14+/t31-,36-,37+/m1/s1. The predicted octanol–water partition coefficient (Wildman–Crippen LogP) is 9.66. The Morgan fingerprint density at radius 2 is 1.52 bits per heavy atom. The summed E-state index contributed by atoms with van der Waals surface area (Å²) in [5.74, 6) is -1.46. The Balaban J connectivity index is 1.56. The normalized spacial score (nSPS) is 13.6. The van der Waals surface area contributed by atoms with Crippen molar-refractivity contribution in [3.8, 4) is 11.5 Å². The zero-order chi connectivity index (χ0) is 42.0. The molecule has 1 aromatic heterocycles. The summed E-state index contributed by atoms with van der Waals surface area (Å²) >= 11 is 0. The van der Waals surface area contributed by atoms with Crippen molar-refractivity contribution in [2.45, 2.75) is 97.4 Å². The van der Waals surface area contributed by atoms with Gasteiger partial charge in [-0.2, -0.15) is 0 Å². The number of hydrogen-bond donors (Lipinski definition) is 0. The van der Waals surface area contributed by atoms with Crippen LogP contribution < -0.4 is 9.47 Å². The second-order valence-electron chi connectivity index (χ2n) is 16.4. The molecule has 0 aliphatic rings. The minimum atomic E-state index is -1.08. The summed E-state index contributed by atoms with van der Waals surface area (Å²) in [6.07, 6.45) is 3.70. The zero-order valence-corrected chi connectivity index (χ0v) is 35.1. The van der Waals surface area contributed by atoms with Crippen LogP contribution in [0.5, 0.6) is 11.5 Å². The maximum Gasteiger partial charge on any atom is 0.310 e. The number of oxazole rings is 1. The first-order valence-electron chi connectivity index (χ1n) is 19.6. The van der Waals surface area contributed by atoms with Crippen molar-refractivity contribution in [3.05, 3.63) is 108 Å². The Hall–Kier alpha value is -5.68. The van der Waals surface area contributed by atoms with Crippen LogP contribution >= 0.6 is 0 Å². The third kappa shape index (κ3) is 12.2. The second kappa shape index (κ2) is 19.2. The fourth-order valence-electron chi connectivity index (χ4n) is 6.79. The minimum Gasteiger partial charge on any atom is -0.493 e. The van der Waals surface area contributed by atoms with Gasteiger partial charge in [0.05, 0.1) is 19.4 Å². The van der Waals surface area contributed by atoms with E-state index >= 15 is 0 Å². The van der Waals surface area contributed by atoms with Gasteiger partial charge >= 0.3 is 11.9 Å². The van der Waals surface area contributed by atoms with Gasteiger partial charge in [-0.1, -0.05) is 60.7 Å². The average molecular weight is 793 g/mol. The molecule has 308 valence electrons. The Morgan fingerprint density at radius 1 is 0.810 bits per heavy atom. The number of carbonyl (C=O) groups excluding carboxylic acids is 3. The van der Waals surface area contributed by atoms with E-state index in [1.54, 1.807) is 60.7 Å². The molecule has 0 aliphatic heterocycles. The van der Waals surface area contributed by atoms with E-state index in [2.05, 4.69) is 11.1 Å². The van der Waals surface area contributed by atoms with E-state index in [1.807, 2.05) is 97.9 Å². The molecule has 3 atom stereocenters. The average Bonchev–Trinajstić information content (AvgIpc) is 3.59. The molecule has 0 spiro atoms. The lowest BCUT2D eigenvalue weighted by Gasteiger charge is -2.36. The highest BCUT2D eigenvalue weighted by atomic mass is 16.7. The molecule has 0 aliphatic carbocycles. The fraction of sp³-hybridized carbons (Fsp3) is 0.404. The van der Waals surface area contributed by atoms with Crippen molar-refractivity contribution in [1.29, 1.82) is 0 Å². The van der Waals surface area contributed by atoms with Gasteiger partial charge in [-0.25, -0.2) is 4.98 Å². The monoisotopic (exact) mass is 792 g/mol. The van der Waals surface area contributed by atoms with Gasteiger partial charge in [0.15, 0.2) is 23.9 Å². The third-order valence-electron chi connectivity index (χ3n) is 9.46. The quantitative estimate of drug-likeness (QED) is 0.0664. The van der Waals surface area contributed by atoms with E-state index in [9.17, 15) is 14.4 Å². The van der Waals surface area contributed by atoms with Crippen LogP contribution in [0.15, 0.2) is 95.4 Å². The SMILES string of the molecule is COCOc1ccc([C@@H](C/C=C/c2nc3ccccc3o2)[C@@H](C)N(Cc2ccc3ccccc3c2)C(=O)C[C@H](CC(=O)OC(C)(C)C)C(=O)OC(C)(C)C)cc1OC. The lowest BCUT2D eigenvalue weighted by molar-refractivity contribution is -0.168. The third-order valence-corrected chi connectivity index (χ3v) is 9.46. The van der Waals surface area contributed by atoms with Crippen LogP contribution in [0.2, 0.25) is 0 Å². The number of ether oxygens (including phenoxy) is 5. The van der Waals surface area contributed by atoms with Gasteiger partial charge in [0.2, 0.25) is 11.8 Å². The number of esters is 2. The highest BCUT2D eigenvalue weighted by Gasteiger charge is 2.35. The van der Waals surface area contributed by atoms with Crippen LogP contribution in [-0.2, 0) is 35.1 Å². The molecular formula is C47H56N2O9.